The lowest BCUT2D eigenvalue weighted by Gasteiger charge is -2.26. The molecule has 3 rings (SSSR count). The van der Waals surface area contributed by atoms with Crippen LogP contribution in [-0.2, 0) is 38.5 Å². The molecule has 1 aliphatic carbocycles. The van der Waals surface area contributed by atoms with Crippen molar-refractivity contribution in [3.05, 3.63) is 67.8 Å². The van der Waals surface area contributed by atoms with Crippen LogP contribution in [0, 0.1) is 27.7 Å². The van der Waals surface area contributed by atoms with Crippen LogP contribution < -0.4 is 11.5 Å². The molecule has 2 nitrogen and oxygen atoms in total. The number of hydrogen-bond donors (Lipinski definition) is 2. The van der Waals surface area contributed by atoms with Gasteiger partial charge in [0.2, 0.25) is 0 Å². The fraction of sp³-hybridized carbons (Fsp3) is 0.538. The van der Waals surface area contributed by atoms with Gasteiger partial charge in [0.15, 0.2) is 0 Å². The van der Waals surface area contributed by atoms with Gasteiger partial charge in [-0.3, -0.25) is 0 Å². The van der Waals surface area contributed by atoms with Gasteiger partial charge in [0, 0.05) is 0 Å². The Morgan fingerprint density at radius 1 is 0.643 bits per heavy atom. The highest BCUT2D eigenvalue weighted by Crippen LogP contribution is 2.32. The van der Waals surface area contributed by atoms with Gasteiger partial charge in [0.1, 0.15) is 0 Å². The van der Waals surface area contributed by atoms with Crippen LogP contribution in [0.25, 0.3) is 0 Å². The van der Waals surface area contributed by atoms with E-state index in [2.05, 4.69) is 39.8 Å². The normalized spacial score (nSPS) is 13.6. The van der Waals surface area contributed by atoms with Gasteiger partial charge in [-0.05, 0) is 148 Å². The minimum absolute atomic E-state index is 0.772. The number of hydrogen-bond acceptors (Lipinski definition) is 2. The van der Waals surface area contributed by atoms with E-state index in [0.29, 0.717) is 0 Å². The van der Waals surface area contributed by atoms with Gasteiger partial charge < -0.3 is 11.5 Å². The average Bonchev–Trinajstić information content (AvgIpc) is 2.67. The molecule has 0 spiro atoms. The Bertz CT molecular complexity index is 777. The van der Waals surface area contributed by atoms with Gasteiger partial charge in [-0.1, -0.05) is 12.1 Å². The smallest absolute Gasteiger partial charge is 0.00741 e. The highest BCUT2D eigenvalue weighted by Gasteiger charge is 2.20. The van der Waals surface area contributed by atoms with E-state index in [4.69, 9.17) is 11.5 Å². The van der Waals surface area contributed by atoms with Crippen LogP contribution in [0.15, 0.2) is 12.1 Å². The van der Waals surface area contributed by atoms with Gasteiger partial charge in [-0.15, -0.1) is 0 Å². The van der Waals surface area contributed by atoms with Crippen molar-refractivity contribution in [3.63, 3.8) is 0 Å². The van der Waals surface area contributed by atoms with Crippen LogP contribution in [0.5, 0.6) is 0 Å². The summed E-state index contributed by atoms with van der Waals surface area (Å²) >= 11 is 0. The monoisotopic (exact) mass is 378 g/mol. The maximum Gasteiger partial charge on any atom is -0.00741 e. The molecule has 2 aromatic rings. The molecule has 0 aromatic heterocycles. The van der Waals surface area contributed by atoms with E-state index in [0.717, 1.165) is 64.5 Å². The minimum Gasteiger partial charge on any atom is -0.330 e. The molecule has 0 fully saturated rings. The van der Waals surface area contributed by atoms with Gasteiger partial charge in [-0.2, -0.15) is 0 Å². The number of aryl methyl sites for hydroxylation is 4. The first kappa shape index (κ1) is 21.1. The Kier molecular flexibility index (Phi) is 6.95. The van der Waals surface area contributed by atoms with E-state index in [1.807, 2.05) is 0 Å². The fourth-order valence-corrected chi connectivity index (χ4v) is 5.05. The summed E-state index contributed by atoms with van der Waals surface area (Å²) in [5.74, 6) is 0. The average molecular weight is 379 g/mol. The molecule has 0 unspecified atom stereocenters. The molecule has 1 aliphatic rings. The maximum absolute atomic E-state index is 5.84. The van der Waals surface area contributed by atoms with Crippen molar-refractivity contribution in [2.24, 2.45) is 11.5 Å². The molecule has 0 saturated carbocycles. The van der Waals surface area contributed by atoms with Gasteiger partial charge in [0.25, 0.3) is 0 Å². The third kappa shape index (κ3) is 4.18. The fourth-order valence-electron chi connectivity index (χ4n) is 5.05. The predicted molar refractivity (Wildman–Crippen MR) is 121 cm³/mol. The van der Waals surface area contributed by atoms with E-state index >= 15 is 0 Å². The van der Waals surface area contributed by atoms with E-state index < -0.39 is 0 Å². The van der Waals surface area contributed by atoms with Crippen molar-refractivity contribution in [1.29, 1.82) is 0 Å². The van der Waals surface area contributed by atoms with Crippen LogP contribution in [0.2, 0.25) is 0 Å². The zero-order valence-corrected chi connectivity index (χ0v) is 18.4. The van der Waals surface area contributed by atoms with Gasteiger partial charge in [0.05, 0.1) is 0 Å². The van der Waals surface area contributed by atoms with Crippen molar-refractivity contribution < 1.29 is 0 Å². The second kappa shape index (κ2) is 9.24. The van der Waals surface area contributed by atoms with Crippen LogP contribution in [0.4, 0.5) is 0 Å². The van der Waals surface area contributed by atoms with Crippen molar-refractivity contribution in [2.75, 3.05) is 13.1 Å². The second-order valence-corrected chi connectivity index (χ2v) is 8.65. The van der Waals surface area contributed by atoms with Gasteiger partial charge in [-0.25, -0.2) is 0 Å². The SMILES string of the molecule is Cc1cc2c(c(CCCN)c1C)CCc1cc(C)c(C)c(CCCN)c1CC2. The quantitative estimate of drug-likeness (QED) is 0.772. The molecular formula is C26H38N2. The van der Waals surface area contributed by atoms with Crippen molar-refractivity contribution in [2.45, 2.75) is 79.1 Å². The molecular weight excluding hydrogens is 340 g/mol. The molecule has 0 heterocycles. The summed E-state index contributed by atoms with van der Waals surface area (Å²) in [4.78, 5) is 0. The molecule has 0 amide bonds. The summed E-state index contributed by atoms with van der Waals surface area (Å²) in [7, 11) is 0. The Morgan fingerprint density at radius 3 is 1.39 bits per heavy atom. The van der Waals surface area contributed by atoms with E-state index in [9.17, 15) is 0 Å². The number of fused-ring (bicyclic) bond motifs is 2. The Balaban J connectivity index is 2.03. The first-order valence-corrected chi connectivity index (χ1v) is 11.1. The minimum atomic E-state index is 0.772. The first-order valence-electron chi connectivity index (χ1n) is 11.1. The Labute approximate surface area is 171 Å². The third-order valence-electron chi connectivity index (χ3n) is 6.92. The molecule has 2 heteroatoms. The molecule has 0 atom stereocenters. The molecule has 152 valence electrons. The van der Waals surface area contributed by atoms with Crippen LogP contribution >= 0.6 is 0 Å². The Morgan fingerprint density at radius 2 is 1.04 bits per heavy atom. The second-order valence-electron chi connectivity index (χ2n) is 8.65. The van der Waals surface area contributed by atoms with E-state index in [-0.39, 0.29) is 0 Å². The lowest BCUT2D eigenvalue weighted by molar-refractivity contribution is 0.764. The first-order chi connectivity index (χ1) is 13.5. The molecule has 2 aromatic carbocycles. The van der Waals surface area contributed by atoms with Crippen molar-refractivity contribution in [1.82, 2.24) is 0 Å². The third-order valence-corrected chi connectivity index (χ3v) is 6.92. The van der Waals surface area contributed by atoms with E-state index in [1.165, 1.54) is 22.3 Å². The van der Waals surface area contributed by atoms with Crippen molar-refractivity contribution >= 4 is 0 Å². The molecule has 0 radical (unpaired) electrons. The maximum atomic E-state index is 5.84. The summed E-state index contributed by atoms with van der Waals surface area (Å²) in [5, 5.41) is 0. The van der Waals surface area contributed by atoms with Crippen LogP contribution in [0.1, 0.15) is 68.5 Å². The highest BCUT2D eigenvalue weighted by molar-refractivity contribution is 5.50. The summed E-state index contributed by atoms with van der Waals surface area (Å²) in [6.45, 7) is 10.7. The largest absolute Gasteiger partial charge is 0.330 e. The zero-order chi connectivity index (χ0) is 20.3. The number of nitrogens with two attached hydrogens (primary N) is 2. The topological polar surface area (TPSA) is 52.0 Å². The summed E-state index contributed by atoms with van der Waals surface area (Å²) < 4.78 is 0. The lowest BCUT2D eigenvalue weighted by Crippen LogP contribution is -2.15. The van der Waals surface area contributed by atoms with Crippen LogP contribution in [-0.4, -0.2) is 13.1 Å². The number of benzene rings is 2. The predicted octanol–water partition coefficient (Wildman–Crippen LogP) is 4.59. The molecule has 0 aliphatic heterocycles. The summed E-state index contributed by atoms with van der Waals surface area (Å²) in [6, 6.07) is 4.92. The lowest BCUT2D eigenvalue weighted by atomic mass is 9.79. The Hall–Kier alpha value is -1.64. The number of rotatable bonds is 6. The van der Waals surface area contributed by atoms with Gasteiger partial charge >= 0.3 is 0 Å². The standard InChI is InChI=1S/C26H38N2/c1-17-15-21-9-11-26-22(16-18(2)20(4)24(26)8-6-14-28)10-12-25(21)23(19(17)3)7-5-13-27/h15-16H,5-14,27-28H2,1-4H3. The summed E-state index contributed by atoms with van der Waals surface area (Å²) in [5.41, 5.74) is 27.1. The molecule has 0 bridgehead atoms. The highest BCUT2D eigenvalue weighted by atomic mass is 14.5. The van der Waals surface area contributed by atoms with E-state index in [1.54, 1.807) is 33.4 Å². The van der Waals surface area contributed by atoms with Crippen LogP contribution in [0.3, 0.4) is 0 Å². The summed E-state index contributed by atoms with van der Waals surface area (Å²) in [6.07, 6.45) is 9.00. The van der Waals surface area contributed by atoms with Crippen molar-refractivity contribution in [3.8, 4) is 0 Å². The molecule has 28 heavy (non-hydrogen) atoms. The molecule has 4 N–H and O–H groups in total. The molecule has 0 saturated heterocycles. The zero-order valence-electron chi connectivity index (χ0n) is 18.4.